The lowest BCUT2D eigenvalue weighted by atomic mass is 9.83. The molecule has 0 unspecified atom stereocenters. The van der Waals surface area contributed by atoms with E-state index < -0.39 is 0 Å². The summed E-state index contributed by atoms with van der Waals surface area (Å²) in [6.45, 7) is 7.71. The second kappa shape index (κ2) is 5.95. The van der Waals surface area contributed by atoms with Crippen LogP contribution in [-0.4, -0.2) is 54.0 Å². The molecule has 0 atom stereocenters. The van der Waals surface area contributed by atoms with Crippen molar-refractivity contribution in [2.75, 3.05) is 32.7 Å². The molecule has 126 valence electrons. The maximum absolute atomic E-state index is 12.7. The molecule has 5 heteroatoms. The maximum atomic E-state index is 12.7. The predicted molar refractivity (Wildman–Crippen MR) is 88.0 cm³/mol. The highest BCUT2D eigenvalue weighted by atomic mass is 16.3. The van der Waals surface area contributed by atoms with Gasteiger partial charge in [-0.1, -0.05) is 0 Å². The molecule has 1 amide bonds. The zero-order valence-electron chi connectivity index (χ0n) is 14.0. The normalized spacial score (nSPS) is 25.7. The highest BCUT2D eigenvalue weighted by molar-refractivity contribution is 5.87. The number of likely N-dealkylation sites (tertiary alicyclic amines) is 1. The van der Waals surface area contributed by atoms with Gasteiger partial charge in [-0.2, -0.15) is 0 Å². The second-order valence-corrected chi connectivity index (χ2v) is 7.47. The predicted octanol–water partition coefficient (Wildman–Crippen LogP) is 1.76. The minimum atomic E-state index is -0.254. The first-order valence-corrected chi connectivity index (χ1v) is 8.97. The fraction of sp³-hybridized carbons (Fsp3) is 0.722. The van der Waals surface area contributed by atoms with Crippen LogP contribution < -0.4 is 5.32 Å². The molecule has 1 aromatic heterocycles. The van der Waals surface area contributed by atoms with Crippen LogP contribution in [0.1, 0.15) is 37.2 Å². The molecule has 0 radical (unpaired) electrons. The fourth-order valence-corrected chi connectivity index (χ4v) is 4.12. The van der Waals surface area contributed by atoms with Crippen molar-refractivity contribution >= 4 is 5.91 Å². The molecular weight excluding hydrogens is 290 g/mol. The van der Waals surface area contributed by atoms with Crippen LogP contribution in [0.2, 0.25) is 0 Å². The van der Waals surface area contributed by atoms with Crippen LogP contribution >= 0.6 is 0 Å². The van der Waals surface area contributed by atoms with E-state index in [1.807, 2.05) is 13.0 Å². The van der Waals surface area contributed by atoms with Gasteiger partial charge < -0.3 is 9.73 Å². The molecule has 4 rings (SSSR count). The Morgan fingerprint density at radius 2 is 2.04 bits per heavy atom. The molecule has 1 aliphatic carbocycles. The number of nitrogens with zero attached hydrogens (tertiary/aromatic N) is 2. The third kappa shape index (κ3) is 3.04. The van der Waals surface area contributed by atoms with E-state index in [4.69, 9.17) is 4.42 Å². The van der Waals surface area contributed by atoms with E-state index in [1.165, 1.54) is 12.8 Å². The average Bonchev–Trinajstić information content (AvgIpc) is 3.27. The standard InChI is InChI=1S/C18H27N3O2/c1-14-2-5-16(23-14)13-20-9-6-18(7-10-20)17(22)19-8-11-21(18)12-15-3-4-15/h2,5,15H,3-4,6-13H2,1H3,(H,19,22). The highest BCUT2D eigenvalue weighted by Gasteiger charge is 2.49. The van der Waals surface area contributed by atoms with E-state index >= 15 is 0 Å². The number of nitrogens with one attached hydrogen (secondary N) is 1. The van der Waals surface area contributed by atoms with Gasteiger partial charge in [0.2, 0.25) is 5.91 Å². The van der Waals surface area contributed by atoms with Crippen molar-refractivity contribution < 1.29 is 9.21 Å². The van der Waals surface area contributed by atoms with Gasteiger partial charge in [0.15, 0.2) is 0 Å². The van der Waals surface area contributed by atoms with Gasteiger partial charge in [0, 0.05) is 32.7 Å². The highest BCUT2D eigenvalue weighted by Crippen LogP contribution is 2.37. The minimum absolute atomic E-state index is 0.254. The maximum Gasteiger partial charge on any atom is 0.240 e. The van der Waals surface area contributed by atoms with E-state index in [-0.39, 0.29) is 11.4 Å². The van der Waals surface area contributed by atoms with E-state index in [1.54, 1.807) is 0 Å². The lowest BCUT2D eigenvalue weighted by molar-refractivity contribution is -0.142. The van der Waals surface area contributed by atoms with E-state index in [9.17, 15) is 4.79 Å². The van der Waals surface area contributed by atoms with Crippen LogP contribution in [0.5, 0.6) is 0 Å². The van der Waals surface area contributed by atoms with Crippen molar-refractivity contribution in [3.63, 3.8) is 0 Å². The smallest absolute Gasteiger partial charge is 0.240 e. The topological polar surface area (TPSA) is 48.7 Å². The Bertz CT molecular complexity index is 571. The zero-order chi connectivity index (χ0) is 15.9. The second-order valence-electron chi connectivity index (χ2n) is 7.47. The first-order chi connectivity index (χ1) is 11.2. The zero-order valence-corrected chi connectivity index (χ0v) is 14.0. The molecule has 3 aliphatic rings. The number of furan rings is 1. The van der Waals surface area contributed by atoms with Crippen LogP contribution in [0.25, 0.3) is 0 Å². The van der Waals surface area contributed by atoms with Crippen molar-refractivity contribution in [1.82, 2.24) is 15.1 Å². The number of hydrogen-bond donors (Lipinski definition) is 1. The molecule has 5 nitrogen and oxygen atoms in total. The van der Waals surface area contributed by atoms with Gasteiger partial charge >= 0.3 is 0 Å². The average molecular weight is 317 g/mol. The molecule has 2 saturated heterocycles. The first kappa shape index (κ1) is 15.2. The Hall–Kier alpha value is -1.33. The molecule has 0 bridgehead atoms. The summed E-state index contributed by atoms with van der Waals surface area (Å²) in [5.74, 6) is 3.09. The molecule has 1 saturated carbocycles. The number of piperazine rings is 1. The van der Waals surface area contributed by atoms with Gasteiger partial charge in [-0.3, -0.25) is 14.6 Å². The van der Waals surface area contributed by atoms with Crippen LogP contribution in [0.4, 0.5) is 0 Å². The van der Waals surface area contributed by atoms with Gasteiger partial charge in [0.25, 0.3) is 0 Å². The van der Waals surface area contributed by atoms with Crippen molar-refractivity contribution in [3.05, 3.63) is 23.7 Å². The molecule has 23 heavy (non-hydrogen) atoms. The number of amides is 1. The summed E-state index contributed by atoms with van der Waals surface area (Å²) in [5, 5.41) is 3.12. The number of carbonyl (C=O) groups is 1. The number of rotatable bonds is 4. The summed E-state index contributed by atoms with van der Waals surface area (Å²) in [7, 11) is 0. The van der Waals surface area contributed by atoms with Crippen molar-refractivity contribution in [1.29, 1.82) is 0 Å². The Morgan fingerprint density at radius 1 is 1.26 bits per heavy atom. The summed E-state index contributed by atoms with van der Waals surface area (Å²) in [4.78, 5) is 17.6. The quantitative estimate of drug-likeness (QED) is 0.919. The van der Waals surface area contributed by atoms with Gasteiger partial charge in [0.05, 0.1) is 6.54 Å². The van der Waals surface area contributed by atoms with Crippen LogP contribution in [0.3, 0.4) is 0 Å². The van der Waals surface area contributed by atoms with E-state index in [0.29, 0.717) is 0 Å². The summed E-state index contributed by atoms with van der Waals surface area (Å²) in [6, 6.07) is 4.08. The molecular formula is C18H27N3O2. The monoisotopic (exact) mass is 317 g/mol. The Balaban J connectivity index is 1.41. The number of piperidine rings is 1. The van der Waals surface area contributed by atoms with Gasteiger partial charge in [0.1, 0.15) is 17.1 Å². The lowest BCUT2D eigenvalue weighted by Crippen LogP contribution is -2.68. The fourth-order valence-electron chi connectivity index (χ4n) is 4.12. The summed E-state index contributed by atoms with van der Waals surface area (Å²) in [6.07, 6.45) is 4.56. The van der Waals surface area contributed by atoms with Gasteiger partial charge in [-0.05, 0) is 50.7 Å². The van der Waals surface area contributed by atoms with E-state index in [2.05, 4.69) is 21.2 Å². The third-order valence-corrected chi connectivity index (χ3v) is 5.73. The van der Waals surface area contributed by atoms with Crippen molar-refractivity contribution in [3.8, 4) is 0 Å². The molecule has 3 fully saturated rings. The number of aryl methyl sites for hydroxylation is 1. The third-order valence-electron chi connectivity index (χ3n) is 5.73. The Labute approximate surface area is 138 Å². The molecule has 1 aromatic rings. The molecule has 1 N–H and O–H groups in total. The van der Waals surface area contributed by atoms with Crippen LogP contribution in [-0.2, 0) is 11.3 Å². The molecule has 2 aliphatic heterocycles. The minimum Gasteiger partial charge on any atom is -0.465 e. The summed E-state index contributed by atoms with van der Waals surface area (Å²) < 4.78 is 5.69. The number of hydrogen-bond acceptors (Lipinski definition) is 4. The Kier molecular flexibility index (Phi) is 3.93. The van der Waals surface area contributed by atoms with Crippen molar-refractivity contribution in [2.24, 2.45) is 5.92 Å². The molecule has 1 spiro atoms. The summed E-state index contributed by atoms with van der Waals surface area (Å²) >= 11 is 0. The van der Waals surface area contributed by atoms with Gasteiger partial charge in [-0.25, -0.2) is 0 Å². The first-order valence-electron chi connectivity index (χ1n) is 8.97. The SMILES string of the molecule is Cc1ccc(CN2CCC3(CC2)C(=O)NCCN3CC2CC2)o1. The van der Waals surface area contributed by atoms with E-state index in [0.717, 1.165) is 69.5 Å². The van der Waals surface area contributed by atoms with Crippen LogP contribution in [0, 0.1) is 12.8 Å². The summed E-state index contributed by atoms with van der Waals surface area (Å²) in [5.41, 5.74) is -0.254. The lowest BCUT2D eigenvalue weighted by Gasteiger charge is -2.50. The van der Waals surface area contributed by atoms with Gasteiger partial charge in [-0.15, -0.1) is 0 Å². The van der Waals surface area contributed by atoms with Crippen molar-refractivity contribution in [2.45, 2.75) is 44.7 Å². The molecule has 0 aromatic carbocycles. The molecule has 3 heterocycles. The number of carbonyl (C=O) groups excluding carboxylic acids is 1. The van der Waals surface area contributed by atoms with Crippen LogP contribution in [0.15, 0.2) is 16.5 Å². The Morgan fingerprint density at radius 3 is 2.70 bits per heavy atom. The largest absolute Gasteiger partial charge is 0.465 e.